The van der Waals surface area contributed by atoms with Crippen molar-refractivity contribution in [3.05, 3.63) is 29.6 Å². The Balaban J connectivity index is 2.16. The van der Waals surface area contributed by atoms with Crippen LogP contribution in [0.2, 0.25) is 0 Å². The fraction of sp³-hybridized carbons (Fsp3) is 0.389. The molecule has 140 valence electrons. The molecule has 0 saturated heterocycles. The molecule has 2 amide bonds. The smallest absolute Gasteiger partial charge is 0.246 e. The molecule has 0 aliphatic carbocycles. The molecule has 1 unspecified atom stereocenters. The molecule has 1 heterocycles. The van der Waals surface area contributed by atoms with E-state index in [-0.39, 0.29) is 11.8 Å². The fourth-order valence-corrected chi connectivity index (χ4v) is 2.59. The highest BCUT2D eigenvalue weighted by Gasteiger charge is 2.19. The summed E-state index contributed by atoms with van der Waals surface area (Å²) in [5.41, 5.74) is 3.59. The largest absolute Gasteiger partial charge is 0.495 e. The van der Waals surface area contributed by atoms with Gasteiger partial charge < -0.3 is 20.7 Å². The summed E-state index contributed by atoms with van der Waals surface area (Å²) in [7, 11) is 3.38. The predicted octanol–water partition coefficient (Wildman–Crippen LogP) is 2.44. The summed E-state index contributed by atoms with van der Waals surface area (Å²) in [4.78, 5) is 23.8. The number of hydrogen-bond donors (Lipinski definition) is 3. The Morgan fingerprint density at radius 3 is 2.46 bits per heavy atom. The minimum absolute atomic E-state index is 0.172. The van der Waals surface area contributed by atoms with Gasteiger partial charge in [0.25, 0.3) is 0 Å². The summed E-state index contributed by atoms with van der Waals surface area (Å²) < 4.78 is 7.05. The number of hydrogen-bond acceptors (Lipinski definition) is 5. The average Bonchev–Trinajstić information content (AvgIpc) is 2.80. The van der Waals surface area contributed by atoms with Gasteiger partial charge in [-0.25, -0.2) is 0 Å². The van der Waals surface area contributed by atoms with E-state index in [0.29, 0.717) is 22.8 Å². The topological polar surface area (TPSA) is 97.3 Å². The number of amides is 2. The molecule has 2 rings (SSSR count). The van der Waals surface area contributed by atoms with Crippen LogP contribution in [0, 0.1) is 13.8 Å². The van der Waals surface area contributed by atoms with Gasteiger partial charge in [-0.1, -0.05) is 0 Å². The number of rotatable bonds is 6. The summed E-state index contributed by atoms with van der Waals surface area (Å²) >= 11 is 0. The monoisotopic (exact) mass is 359 g/mol. The highest BCUT2D eigenvalue weighted by molar-refractivity contribution is 5.97. The van der Waals surface area contributed by atoms with Crippen molar-refractivity contribution in [2.24, 2.45) is 7.05 Å². The lowest BCUT2D eigenvalue weighted by molar-refractivity contribution is -0.116. The molecule has 0 saturated carbocycles. The van der Waals surface area contributed by atoms with Crippen LogP contribution in [-0.2, 0) is 16.6 Å². The first kappa shape index (κ1) is 19.3. The lowest BCUT2D eigenvalue weighted by atomic mass is 10.2. The van der Waals surface area contributed by atoms with Gasteiger partial charge in [0.1, 0.15) is 11.8 Å². The van der Waals surface area contributed by atoms with Gasteiger partial charge in [0.05, 0.1) is 29.9 Å². The van der Waals surface area contributed by atoms with Gasteiger partial charge in [0.15, 0.2) is 0 Å². The summed E-state index contributed by atoms with van der Waals surface area (Å²) in [6.45, 7) is 6.93. The minimum atomic E-state index is -0.532. The molecular weight excluding hydrogens is 334 g/mol. The Morgan fingerprint density at radius 2 is 1.92 bits per heavy atom. The van der Waals surface area contributed by atoms with Crippen LogP contribution < -0.4 is 20.7 Å². The number of benzene rings is 1. The molecular formula is C18H25N5O3. The third kappa shape index (κ3) is 4.33. The van der Waals surface area contributed by atoms with Crippen LogP contribution in [0.3, 0.4) is 0 Å². The third-order valence-electron chi connectivity index (χ3n) is 4.04. The van der Waals surface area contributed by atoms with Crippen molar-refractivity contribution in [1.82, 2.24) is 9.78 Å². The number of carbonyl (C=O) groups excluding carboxylic acids is 2. The molecule has 0 spiro atoms. The van der Waals surface area contributed by atoms with Crippen LogP contribution in [0.15, 0.2) is 18.2 Å². The van der Waals surface area contributed by atoms with Gasteiger partial charge in [0, 0.05) is 19.7 Å². The van der Waals surface area contributed by atoms with Crippen molar-refractivity contribution in [1.29, 1.82) is 0 Å². The molecule has 0 aliphatic heterocycles. The van der Waals surface area contributed by atoms with Crippen molar-refractivity contribution in [2.45, 2.75) is 33.7 Å². The number of ether oxygens (including phenoxy) is 1. The van der Waals surface area contributed by atoms with E-state index in [4.69, 9.17) is 4.74 Å². The van der Waals surface area contributed by atoms with E-state index in [1.807, 2.05) is 20.9 Å². The molecule has 2 aromatic rings. The predicted molar refractivity (Wildman–Crippen MR) is 102 cm³/mol. The van der Waals surface area contributed by atoms with E-state index < -0.39 is 6.04 Å². The summed E-state index contributed by atoms with van der Waals surface area (Å²) in [5.74, 6) is 0.207. The van der Waals surface area contributed by atoms with Crippen molar-refractivity contribution in [3.63, 3.8) is 0 Å². The van der Waals surface area contributed by atoms with Crippen LogP contribution in [0.4, 0.5) is 17.1 Å². The SMILES string of the molecule is COc1ccc(NC(C)=O)cc1NC(C)C(=O)Nc1c(C)nn(C)c1C. The maximum absolute atomic E-state index is 12.6. The molecule has 1 aromatic carbocycles. The fourth-order valence-electron chi connectivity index (χ4n) is 2.59. The van der Waals surface area contributed by atoms with Gasteiger partial charge in [0.2, 0.25) is 11.8 Å². The standard InChI is InChI=1S/C18H25N5O3/c1-10-17(12(3)23(5)22-10)21-18(25)11(2)19-15-9-14(20-13(4)24)7-8-16(15)26-6/h7-9,11,19H,1-6H3,(H,20,24)(H,21,25). The lowest BCUT2D eigenvalue weighted by Gasteiger charge is -2.18. The molecule has 8 heteroatoms. The van der Waals surface area contributed by atoms with Crippen LogP contribution in [0.5, 0.6) is 5.75 Å². The van der Waals surface area contributed by atoms with Crippen molar-refractivity contribution >= 4 is 28.9 Å². The zero-order valence-electron chi connectivity index (χ0n) is 15.9. The molecule has 1 aromatic heterocycles. The number of nitrogens with zero attached hydrogens (tertiary/aromatic N) is 2. The van der Waals surface area contributed by atoms with Crippen molar-refractivity contribution in [3.8, 4) is 5.75 Å². The van der Waals surface area contributed by atoms with E-state index >= 15 is 0 Å². The van der Waals surface area contributed by atoms with Crippen molar-refractivity contribution in [2.75, 3.05) is 23.1 Å². The number of aromatic nitrogens is 2. The maximum atomic E-state index is 12.6. The van der Waals surface area contributed by atoms with E-state index in [2.05, 4.69) is 21.0 Å². The third-order valence-corrected chi connectivity index (χ3v) is 4.04. The van der Waals surface area contributed by atoms with Gasteiger partial charge in [-0.2, -0.15) is 5.10 Å². The first-order valence-electron chi connectivity index (χ1n) is 8.26. The second kappa shape index (κ2) is 7.90. The van der Waals surface area contributed by atoms with Crippen LogP contribution in [-0.4, -0.2) is 34.7 Å². The van der Waals surface area contributed by atoms with E-state index in [1.54, 1.807) is 36.9 Å². The normalized spacial score (nSPS) is 11.6. The Hall–Kier alpha value is -3.03. The van der Waals surface area contributed by atoms with E-state index in [0.717, 1.165) is 11.4 Å². The maximum Gasteiger partial charge on any atom is 0.246 e. The molecule has 26 heavy (non-hydrogen) atoms. The number of aryl methyl sites for hydroxylation is 2. The van der Waals surface area contributed by atoms with Gasteiger partial charge in [-0.05, 0) is 39.0 Å². The zero-order valence-corrected chi connectivity index (χ0v) is 15.9. The van der Waals surface area contributed by atoms with E-state index in [9.17, 15) is 9.59 Å². The Morgan fingerprint density at radius 1 is 1.23 bits per heavy atom. The molecule has 0 radical (unpaired) electrons. The minimum Gasteiger partial charge on any atom is -0.495 e. The summed E-state index contributed by atoms with van der Waals surface area (Å²) in [6, 6.07) is 4.66. The highest BCUT2D eigenvalue weighted by atomic mass is 16.5. The molecule has 0 bridgehead atoms. The molecule has 1 atom stereocenters. The number of nitrogens with one attached hydrogen (secondary N) is 3. The van der Waals surface area contributed by atoms with Crippen molar-refractivity contribution < 1.29 is 14.3 Å². The van der Waals surface area contributed by atoms with E-state index in [1.165, 1.54) is 6.92 Å². The highest BCUT2D eigenvalue weighted by Crippen LogP contribution is 2.28. The second-order valence-electron chi connectivity index (χ2n) is 6.12. The van der Waals surface area contributed by atoms with Gasteiger partial charge in [-0.15, -0.1) is 0 Å². The van der Waals surface area contributed by atoms with Gasteiger partial charge >= 0.3 is 0 Å². The zero-order chi connectivity index (χ0) is 19.4. The van der Waals surface area contributed by atoms with Crippen LogP contribution >= 0.6 is 0 Å². The number of carbonyl (C=O) groups is 2. The lowest BCUT2D eigenvalue weighted by Crippen LogP contribution is -2.32. The first-order chi connectivity index (χ1) is 12.2. The number of anilines is 3. The molecule has 3 N–H and O–H groups in total. The molecule has 8 nitrogen and oxygen atoms in total. The number of methoxy groups -OCH3 is 1. The first-order valence-corrected chi connectivity index (χ1v) is 8.26. The quantitative estimate of drug-likeness (QED) is 0.736. The second-order valence-corrected chi connectivity index (χ2v) is 6.12. The summed E-state index contributed by atoms with van der Waals surface area (Å²) in [5, 5.41) is 13.0. The molecule has 0 fully saturated rings. The van der Waals surface area contributed by atoms with Gasteiger partial charge in [-0.3, -0.25) is 14.3 Å². The molecule has 0 aliphatic rings. The van der Waals surface area contributed by atoms with Crippen LogP contribution in [0.25, 0.3) is 0 Å². The van der Waals surface area contributed by atoms with Crippen LogP contribution in [0.1, 0.15) is 25.2 Å². The summed E-state index contributed by atoms with van der Waals surface area (Å²) in [6.07, 6.45) is 0. The Labute approximate surface area is 152 Å². The Bertz CT molecular complexity index is 828. The Kier molecular flexibility index (Phi) is 5.86. The average molecular weight is 359 g/mol.